The summed E-state index contributed by atoms with van der Waals surface area (Å²) in [6.07, 6.45) is 2.31. The van der Waals surface area contributed by atoms with Crippen molar-refractivity contribution in [1.29, 1.82) is 0 Å². The van der Waals surface area contributed by atoms with E-state index in [1.165, 1.54) is 5.56 Å². The Hall–Kier alpha value is -1.35. The van der Waals surface area contributed by atoms with E-state index >= 15 is 0 Å². The molecule has 0 saturated carbocycles. The third-order valence-corrected chi connectivity index (χ3v) is 4.82. The number of aliphatic hydroxyl groups excluding tert-OH is 1. The van der Waals surface area contributed by atoms with Gasteiger partial charge in [0.05, 0.1) is 0 Å². The number of carbonyl (C=O) groups excluding carboxylic acids is 1. The third-order valence-electron chi connectivity index (χ3n) is 4.82. The van der Waals surface area contributed by atoms with E-state index in [-0.39, 0.29) is 42.4 Å². The van der Waals surface area contributed by atoms with Gasteiger partial charge in [0, 0.05) is 44.3 Å². The first-order valence-corrected chi connectivity index (χ1v) is 10.0. The van der Waals surface area contributed by atoms with Crippen LogP contribution >= 0.6 is 24.0 Å². The summed E-state index contributed by atoms with van der Waals surface area (Å²) in [5.41, 5.74) is 2.07. The van der Waals surface area contributed by atoms with E-state index in [1.807, 2.05) is 25.1 Å². The molecule has 1 aliphatic heterocycles. The number of nitrogens with zero attached hydrogens (tertiary/aromatic N) is 1. The number of hydrogen-bond donors (Lipinski definition) is 4. The van der Waals surface area contributed by atoms with Crippen LogP contribution in [0.3, 0.4) is 0 Å². The second kappa shape index (κ2) is 13.0. The van der Waals surface area contributed by atoms with Crippen LogP contribution in [-0.4, -0.2) is 43.2 Å². The molecule has 0 radical (unpaired) electrons. The van der Waals surface area contributed by atoms with Crippen molar-refractivity contribution in [2.24, 2.45) is 16.8 Å². The molecule has 2 atom stereocenters. The Morgan fingerprint density at radius 3 is 2.75 bits per heavy atom. The van der Waals surface area contributed by atoms with Crippen LogP contribution in [-0.2, 0) is 4.79 Å². The molecule has 0 aromatic heterocycles. The van der Waals surface area contributed by atoms with Crippen LogP contribution < -0.4 is 16.0 Å². The molecule has 0 bridgehead atoms. The number of anilines is 1. The molecule has 2 rings (SSSR count). The first kappa shape index (κ1) is 24.7. The van der Waals surface area contributed by atoms with Crippen molar-refractivity contribution in [2.75, 3.05) is 31.6 Å². The lowest BCUT2D eigenvalue weighted by Gasteiger charge is -2.26. The summed E-state index contributed by atoms with van der Waals surface area (Å²) in [6, 6.07) is 7.97. The lowest BCUT2D eigenvalue weighted by atomic mass is 9.90. The normalized spacial score (nSPS) is 17.4. The highest BCUT2D eigenvalue weighted by Crippen LogP contribution is 2.31. The standard InChI is InChI=1S/C21H34N4O2.HI/c1-4-22-21(23-13-16(9-10-26)11-15(2)3)24-14-17-12-20(27)25-19-8-6-5-7-18(17)19;/h5-8,15-17,26H,4,9-14H2,1-3H3,(H,25,27)(H2,22,23,24);1H. The maximum absolute atomic E-state index is 12.0. The van der Waals surface area contributed by atoms with Crippen molar-refractivity contribution in [1.82, 2.24) is 10.6 Å². The summed E-state index contributed by atoms with van der Waals surface area (Å²) >= 11 is 0. The predicted octanol–water partition coefficient (Wildman–Crippen LogP) is 3.33. The monoisotopic (exact) mass is 502 g/mol. The number of amides is 1. The molecule has 1 aromatic carbocycles. The molecule has 1 aromatic rings. The molecule has 158 valence electrons. The van der Waals surface area contributed by atoms with E-state index < -0.39 is 0 Å². The van der Waals surface area contributed by atoms with Gasteiger partial charge in [-0.1, -0.05) is 32.0 Å². The van der Waals surface area contributed by atoms with Gasteiger partial charge in [0.15, 0.2) is 5.96 Å². The number of para-hydroxylation sites is 1. The number of guanidine groups is 1. The molecule has 0 saturated heterocycles. The number of hydrogen-bond acceptors (Lipinski definition) is 3. The van der Waals surface area contributed by atoms with Crippen LogP contribution in [0.4, 0.5) is 5.69 Å². The summed E-state index contributed by atoms with van der Waals surface area (Å²) in [4.78, 5) is 16.7. The van der Waals surface area contributed by atoms with Gasteiger partial charge in [0.1, 0.15) is 0 Å². The van der Waals surface area contributed by atoms with Gasteiger partial charge in [-0.2, -0.15) is 0 Å². The fraction of sp³-hybridized carbons (Fsp3) is 0.619. The van der Waals surface area contributed by atoms with Gasteiger partial charge >= 0.3 is 0 Å². The van der Waals surface area contributed by atoms with Crippen molar-refractivity contribution in [3.8, 4) is 0 Å². The Kier molecular flexibility index (Phi) is 11.4. The molecule has 0 fully saturated rings. The topological polar surface area (TPSA) is 85.8 Å². The predicted molar refractivity (Wildman–Crippen MR) is 126 cm³/mol. The molecular formula is C21H35IN4O2. The first-order valence-electron chi connectivity index (χ1n) is 10.0. The van der Waals surface area contributed by atoms with Crippen molar-refractivity contribution in [3.63, 3.8) is 0 Å². The number of aliphatic imine (C=N–C) groups is 1. The average molecular weight is 502 g/mol. The number of halogens is 1. The largest absolute Gasteiger partial charge is 0.396 e. The van der Waals surface area contributed by atoms with Gasteiger partial charge in [0.2, 0.25) is 5.91 Å². The lowest BCUT2D eigenvalue weighted by Crippen LogP contribution is -2.41. The number of benzene rings is 1. The van der Waals surface area contributed by atoms with E-state index in [2.05, 4.69) is 35.9 Å². The molecule has 1 amide bonds. The SMILES string of the molecule is CCNC(=NCC(CCO)CC(C)C)NCC1CC(=O)Nc2ccccc21.I. The van der Waals surface area contributed by atoms with Gasteiger partial charge in [0.25, 0.3) is 0 Å². The van der Waals surface area contributed by atoms with Crippen LogP contribution in [0.1, 0.15) is 51.5 Å². The number of rotatable bonds is 9. The first-order chi connectivity index (χ1) is 13.0. The lowest BCUT2D eigenvalue weighted by molar-refractivity contribution is -0.116. The zero-order valence-corrected chi connectivity index (χ0v) is 19.5. The molecule has 28 heavy (non-hydrogen) atoms. The summed E-state index contributed by atoms with van der Waals surface area (Å²) in [5, 5.41) is 18.9. The van der Waals surface area contributed by atoms with E-state index in [0.29, 0.717) is 31.3 Å². The van der Waals surface area contributed by atoms with Crippen LogP contribution in [0.2, 0.25) is 0 Å². The fourth-order valence-corrected chi connectivity index (χ4v) is 3.60. The summed E-state index contributed by atoms with van der Waals surface area (Å²) in [7, 11) is 0. The highest BCUT2D eigenvalue weighted by Gasteiger charge is 2.24. The number of fused-ring (bicyclic) bond motifs is 1. The van der Waals surface area contributed by atoms with Gasteiger partial charge in [-0.25, -0.2) is 0 Å². The van der Waals surface area contributed by atoms with E-state index in [4.69, 9.17) is 4.99 Å². The average Bonchev–Trinajstić information content (AvgIpc) is 2.63. The van der Waals surface area contributed by atoms with Crippen molar-refractivity contribution >= 4 is 41.5 Å². The molecule has 0 spiro atoms. The Bertz CT molecular complexity index is 637. The van der Waals surface area contributed by atoms with Gasteiger partial charge in [-0.15, -0.1) is 24.0 Å². The van der Waals surface area contributed by atoms with Crippen molar-refractivity contribution in [2.45, 2.75) is 46.0 Å². The number of nitrogens with one attached hydrogen (secondary N) is 3. The minimum atomic E-state index is 0. The molecule has 6 nitrogen and oxygen atoms in total. The van der Waals surface area contributed by atoms with Crippen LogP contribution in [0, 0.1) is 11.8 Å². The Morgan fingerprint density at radius 2 is 2.07 bits per heavy atom. The number of carbonyl (C=O) groups is 1. The number of aliphatic hydroxyl groups is 1. The van der Waals surface area contributed by atoms with Gasteiger partial charge < -0.3 is 21.1 Å². The highest BCUT2D eigenvalue weighted by atomic mass is 127. The van der Waals surface area contributed by atoms with E-state index in [1.54, 1.807) is 0 Å². The summed E-state index contributed by atoms with van der Waals surface area (Å²) < 4.78 is 0. The van der Waals surface area contributed by atoms with Crippen molar-refractivity contribution in [3.05, 3.63) is 29.8 Å². The second-order valence-electron chi connectivity index (χ2n) is 7.64. The smallest absolute Gasteiger partial charge is 0.225 e. The van der Waals surface area contributed by atoms with Crippen LogP contribution in [0.25, 0.3) is 0 Å². The van der Waals surface area contributed by atoms with Crippen LogP contribution in [0.15, 0.2) is 29.3 Å². The van der Waals surface area contributed by atoms with Gasteiger partial charge in [-0.05, 0) is 43.2 Å². The Balaban J connectivity index is 0.00000392. The Morgan fingerprint density at radius 1 is 1.32 bits per heavy atom. The molecule has 1 aliphatic rings. The maximum atomic E-state index is 12.0. The molecular weight excluding hydrogens is 467 g/mol. The molecule has 1 heterocycles. The molecule has 4 N–H and O–H groups in total. The summed E-state index contributed by atoms with van der Waals surface area (Å²) in [5.74, 6) is 1.92. The maximum Gasteiger partial charge on any atom is 0.225 e. The van der Waals surface area contributed by atoms with E-state index in [0.717, 1.165) is 31.0 Å². The Labute approximate surface area is 186 Å². The van der Waals surface area contributed by atoms with Crippen molar-refractivity contribution < 1.29 is 9.90 Å². The minimum Gasteiger partial charge on any atom is -0.396 e. The zero-order chi connectivity index (χ0) is 19.6. The van der Waals surface area contributed by atoms with E-state index in [9.17, 15) is 9.90 Å². The minimum absolute atomic E-state index is 0. The molecule has 0 aliphatic carbocycles. The summed E-state index contributed by atoms with van der Waals surface area (Å²) in [6.45, 7) is 8.76. The van der Waals surface area contributed by atoms with Gasteiger partial charge in [-0.3, -0.25) is 9.79 Å². The second-order valence-corrected chi connectivity index (χ2v) is 7.64. The molecule has 2 unspecified atom stereocenters. The fourth-order valence-electron chi connectivity index (χ4n) is 3.60. The van der Waals surface area contributed by atoms with Crippen LogP contribution in [0.5, 0.6) is 0 Å². The molecule has 7 heteroatoms. The quantitative estimate of drug-likeness (QED) is 0.237. The third kappa shape index (κ3) is 7.95. The highest BCUT2D eigenvalue weighted by molar-refractivity contribution is 14.0. The zero-order valence-electron chi connectivity index (χ0n) is 17.2.